The summed E-state index contributed by atoms with van der Waals surface area (Å²) in [6.45, 7) is 5.11. The second kappa shape index (κ2) is 11.0. The molecule has 0 saturated carbocycles. The van der Waals surface area contributed by atoms with E-state index in [0.29, 0.717) is 64.3 Å². The van der Waals surface area contributed by atoms with Crippen molar-refractivity contribution in [2.24, 2.45) is 5.41 Å². The van der Waals surface area contributed by atoms with E-state index in [9.17, 15) is 44.3 Å². The van der Waals surface area contributed by atoms with Crippen molar-refractivity contribution in [3.05, 3.63) is 63.7 Å². The maximum absolute atomic E-state index is 13.8. The first-order valence-electron chi connectivity index (χ1n) is 14.2. The maximum Gasteiger partial charge on any atom is 0.484 e. The van der Waals surface area contributed by atoms with Gasteiger partial charge >= 0.3 is 24.7 Å². The van der Waals surface area contributed by atoms with Crippen molar-refractivity contribution in [1.82, 2.24) is 4.90 Å². The number of anilines is 1. The molecule has 246 valence electrons. The highest BCUT2D eigenvalue weighted by molar-refractivity contribution is 5.80. The van der Waals surface area contributed by atoms with Crippen LogP contribution in [0.2, 0.25) is 0 Å². The molecule has 1 saturated heterocycles. The van der Waals surface area contributed by atoms with Crippen molar-refractivity contribution in [2.45, 2.75) is 77.3 Å². The highest BCUT2D eigenvalue weighted by atomic mass is 19.4. The lowest BCUT2D eigenvalue weighted by atomic mass is 9.72. The molecule has 0 bridgehead atoms. The number of nitrogens with zero attached hydrogens (tertiary/aromatic N) is 2. The predicted molar refractivity (Wildman–Crippen MR) is 146 cm³/mol. The quantitative estimate of drug-likeness (QED) is 0.239. The fourth-order valence-electron chi connectivity index (χ4n) is 6.48. The molecule has 1 fully saturated rings. The van der Waals surface area contributed by atoms with Gasteiger partial charge in [-0.3, -0.25) is 9.80 Å². The van der Waals surface area contributed by atoms with E-state index in [1.165, 1.54) is 25.0 Å². The number of carbonyl (C=O) groups is 1. The van der Waals surface area contributed by atoms with E-state index in [4.69, 9.17) is 9.47 Å². The lowest BCUT2D eigenvalue weighted by Crippen LogP contribution is -2.36. The summed E-state index contributed by atoms with van der Waals surface area (Å²) in [7, 11) is 1.41. The largest absolute Gasteiger partial charge is 0.496 e. The van der Waals surface area contributed by atoms with Gasteiger partial charge in [0, 0.05) is 24.3 Å². The Balaban J connectivity index is 1.54. The molecule has 2 aromatic rings. The molecule has 14 heteroatoms. The number of hydrogen-bond donors (Lipinski definition) is 0. The van der Waals surface area contributed by atoms with Gasteiger partial charge in [-0.1, -0.05) is 13.8 Å². The summed E-state index contributed by atoms with van der Waals surface area (Å²) in [5.74, 6) is 0.364. The number of ether oxygens (including phenoxy) is 2. The second-order valence-corrected chi connectivity index (χ2v) is 12.5. The van der Waals surface area contributed by atoms with Crippen LogP contribution >= 0.6 is 0 Å². The monoisotopic (exact) mass is 650 g/mol. The molecule has 5 rings (SSSR count). The third-order valence-electron chi connectivity index (χ3n) is 8.79. The number of hydrogen-bond acceptors (Lipinski definition) is 4. The molecule has 3 aliphatic rings. The van der Waals surface area contributed by atoms with Crippen molar-refractivity contribution in [1.29, 1.82) is 0 Å². The Hall–Kier alpha value is -3.58. The van der Waals surface area contributed by atoms with E-state index in [1.807, 2.05) is 13.8 Å². The van der Waals surface area contributed by atoms with E-state index in [2.05, 4.69) is 0 Å². The summed E-state index contributed by atoms with van der Waals surface area (Å²) >= 11 is 0. The zero-order valence-corrected chi connectivity index (χ0v) is 24.8. The highest BCUT2D eigenvalue weighted by Crippen LogP contribution is 2.49. The number of amides is 1. The van der Waals surface area contributed by atoms with Gasteiger partial charge in [-0.05, 0) is 90.6 Å². The minimum atomic E-state index is -5.08. The number of allylic oxidation sites excluding steroid dienone is 1. The molecule has 1 aliphatic carbocycles. The molecule has 0 aromatic heterocycles. The van der Waals surface area contributed by atoms with Gasteiger partial charge in [0.25, 0.3) is 0 Å². The third-order valence-corrected chi connectivity index (χ3v) is 8.79. The SMILES string of the molecule is COc1cc2c(cc1C1=C(CN3C(=O)O[C@H](c4cc(C(F)(F)F)cc(C(F)(F)F)c4)[C@@H]3C)CC(C)(C)CC1)N(C(F)(F)F)CC2. The van der Waals surface area contributed by atoms with Crippen molar-refractivity contribution in [2.75, 3.05) is 25.1 Å². The minimum absolute atomic E-state index is 0.00776. The average Bonchev–Trinajstić information content (AvgIpc) is 3.47. The Kier molecular flexibility index (Phi) is 8.05. The van der Waals surface area contributed by atoms with Crippen LogP contribution in [0, 0.1) is 5.41 Å². The Labute approximate surface area is 253 Å². The van der Waals surface area contributed by atoms with E-state index in [-0.39, 0.29) is 36.7 Å². The average molecular weight is 651 g/mol. The van der Waals surface area contributed by atoms with Gasteiger partial charge in [0.15, 0.2) is 0 Å². The molecule has 1 amide bonds. The molecule has 0 N–H and O–H groups in total. The topological polar surface area (TPSA) is 42.0 Å². The van der Waals surface area contributed by atoms with Crippen LogP contribution in [0.1, 0.15) is 74.0 Å². The van der Waals surface area contributed by atoms with Crippen molar-refractivity contribution in [3.63, 3.8) is 0 Å². The molecule has 0 radical (unpaired) electrons. The van der Waals surface area contributed by atoms with Crippen LogP contribution in [0.5, 0.6) is 5.75 Å². The molecule has 2 atom stereocenters. The first kappa shape index (κ1) is 32.8. The first-order chi connectivity index (χ1) is 20.7. The molecule has 2 aromatic carbocycles. The number of alkyl halides is 9. The van der Waals surface area contributed by atoms with Crippen LogP contribution in [-0.4, -0.2) is 43.5 Å². The Morgan fingerprint density at radius 3 is 2.11 bits per heavy atom. The molecular weight excluding hydrogens is 619 g/mol. The Bertz CT molecular complexity index is 1490. The Morgan fingerprint density at radius 1 is 0.933 bits per heavy atom. The minimum Gasteiger partial charge on any atom is -0.496 e. The standard InChI is InChI=1S/C31H31F9N2O3/c1-16-26(18-9-20(29(32,33)34)12-21(10-18)30(35,36)37)45-27(43)41(16)15-19-14-28(2,3)7-5-22(19)23-13-24-17(11-25(23)44-4)6-8-42(24)31(38,39)40/h9-13,16,26H,5-8,14-15H2,1-4H3/t16-,26-/m0/s1. The predicted octanol–water partition coefficient (Wildman–Crippen LogP) is 9.16. The van der Waals surface area contributed by atoms with Crippen molar-refractivity contribution >= 4 is 17.4 Å². The van der Waals surface area contributed by atoms with Crippen molar-refractivity contribution < 1.29 is 53.8 Å². The van der Waals surface area contributed by atoms with Crippen LogP contribution in [0.4, 0.5) is 50.0 Å². The number of rotatable bonds is 5. The Morgan fingerprint density at radius 2 is 1.56 bits per heavy atom. The second-order valence-electron chi connectivity index (χ2n) is 12.5. The molecule has 0 spiro atoms. The van der Waals surface area contributed by atoms with Crippen LogP contribution in [-0.2, 0) is 23.5 Å². The van der Waals surface area contributed by atoms with Gasteiger partial charge in [-0.25, -0.2) is 4.79 Å². The summed E-state index contributed by atoms with van der Waals surface area (Å²) < 4.78 is 133. The van der Waals surface area contributed by atoms with Crippen LogP contribution in [0.25, 0.3) is 5.57 Å². The van der Waals surface area contributed by atoms with Gasteiger partial charge in [0.1, 0.15) is 11.9 Å². The zero-order valence-electron chi connectivity index (χ0n) is 24.8. The molecule has 0 unspecified atom stereocenters. The number of benzene rings is 2. The summed E-state index contributed by atoms with van der Waals surface area (Å²) in [5, 5.41) is 0. The molecule has 2 aliphatic heterocycles. The summed E-state index contributed by atoms with van der Waals surface area (Å²) in [5.41, 5.74) is -1.49. The molecule has 5 nitrogen and oxygen atoms in total. The fourth-order valence-corrected chi connectivity index (χ4v) is 6.48. The van der Waals surface area contributed by atoms with Crippen LogP contribution in [0.3, 0.4) is 0 Å². The van der Waals surface area contributed by atoms with Crippen LogP contribution in [0.15, 0.2) is 35.9 Å². The fraction of sp³-hybridized carbons (Fsp3) is 0.516. The van der Waals surface area contributed by atoms with Gasteiger partial charge in [-0.15, -0.1) is 0 Å². The number of fused-ring (bicyclic) bond motifs is 1. The highest BCUT2D eigenvalue weighted by Gasteiger charge is 2.45. The summed E-state index contributed by atoms with van der Waals surface area (Å²) in [6.07, 6.45) is -15.4. The molecular formula is C31H31F9N2O3. The van der Waals surface area contributed by atoms with E-state index in [1.54, 1.807) is 6.07 Å². The number of carbonyl (C=O) groups excluding carboxylic acids is 1. The summed E-state index contributed by atoms with van der Waals surface area (Å²) in [4.78, 5) is 14.7. The lowest BCUT2D eigenvalue weighted by Gasteiger charge is -2.36. The lowest BCUT2D eigenvalue weighted by molar-refractivity contribution is -0.143. The number of halogens is 9. The van der Waals surface area contributed by atoms with Gasteiger partial charge in [-0.2, -0.15) is 39.5 Å². The van der Waals surface area contributed by atoms with E-state index >= 15 is 0 Å². The van der Waals surface area contributed by atoms with E-state index in [0.717, 1.165) is 0 Å². The van der Waals surface area contributed by atoms with Gasteiger partial charge in [0.2, 0.25) is 0 Å². The smallest absolute Gasteiger partial charge is 0.484 e. The normalized spacial score (nSPS) is 22.2. The third kappa shape index (κ3) is 6.42. The molecule has 45 heavy (non-hydrogen) atoms. The van der Waals surface area contributed by atoms with Gasteiger partial charge in [0.05, 0.1) is 24.3 Å². The number of cyclic esters (lactones) is 1. The number of methoxy groups -OCH3 is 1. The van der Waals surface area contributed by atoms with E-state index < -0.39 is 53.6 Å². The van der Waals surface area contributed by atoms with Crippen LogP contribution < -0.4 is 9.64 Å². The molecule has 2 heterocycles. The van der Waals surface area contributed by atoms with Crippen molar-refractivity contribution in [3.8, 4) is 5.75 Å². The first-order valence-corrected chi connectivity index (χ1v) is 14.2. The van der Waals surface area contributed by atoms with Gasteiger partial charge < -0.3 is 9.47 Å². The summed E-state index contributed by atoms with van der Waals surface area (Å²) in [6, 6.07) is 3.15. The maximum atomic E-state index is 13.8. The zero-order chi connectivity index (χ0) is 33.3.